The van der Waals surface area contributed by atoms with Gasteiger partial charge in [0, 0.05) is 23.4 Å². The molecule has 0 radical (unpaired) electrons. The number of methoxy groups -OCH3 is 1. The Labute approximate surface area is 174 Å². The Kier molecular flexibility index (Phi) is 5.65. The highest BCUT2D eigenvalue weighted by Crippen LogP contribution is 2.41. The number of nitrogens with zero attached hydrogens (tertiary/aromatic N) is 2. The first-order valence-electron chi connectivity index (χ1n) is 9.41. The number of carbonyl (C=O) groups is 1. The smallest absolute Gasteiger partial charge is 0.248 e. The molecule has 2 saturated heterocycles. The van der Waals surface area contributed by atoms with Gasteiger partial charge in [0.1, 0.15) is 5.75 Å². The van der Waals surface area contributed by atoms with Crippen molar-refractivity contribution in [2.45, 2.75) is 24.1 Å². The van der Waals surface area contributed by atoms with Crippen LogP contribution in [0.25, 0.3) is 0 Å². The number of carbonyl (C=O) groups excluding carboxylic acids is 1. The van der Waals surface area contributed by atoms with Crippen molar-refractivity contribution >= 4 is 38.4 Å². The van der Waals surface area contributed by atoms with Gasteiger partial charge in [0.2, 0.25) is 5.91 Å². The predicted octanol–water partition coefficient (Wildman–Crippen LogP) is 2.93. The number of amides is 1. The Bertz CT molecular complexity index is 1040. The number of thioether (sulfide) groups is 1. The molecular formula is C21H22N2O4S2. The molecule has 2 aliphatic rings. The van der Waals surface area contributed by atoms with Gasteiger partial charge in [0.25, 0.3) is 0 Å². The molecule has 6 nitrogen and oxygen atoms in total. The minimum absolute atomic E-state index is 0.0686. The highest BCUT2D eigenvalue weighted by molar-refractivity contribution is 8.16. The van der Waals surface area contributed by atoms with Crippen LogP contribution < -0.4 is 9.64 Å². The van der Waals surface area contributed by atoms with E-state index in [4.69, 9.17) is 4.74 Å². The monoisotopic (exact) mass is 430 g/mol. The molecule has 2 heterocycles. The highest BCUT2D eigenvalue weighted by Gasteiger charge is 2.49. The summed E-state index contributed by atoms with van der Waals surface area (Å²) in [5.74, 6) is 0.651. The van der Waals surface area contributed by atoms with E-state index < -0.39 is 9.84 Å². The van der Waals surface area contributed by atoms with Crippen LogP contribution in [-0.2, 0) is 21.1 Å². The first-order valence-corrected chi connectivity index (χ1v) is 12.1. The maximum Gasteiger partial charge on any atom is 0.248 e. The number of ether oxygens (including phenoxy) is 1. The summed E-state index contributed by atoms with van der Waals surface area (Å²) < 4.78 is 29.6. The fourth-order valence-electron chi connectivity index (χ4n) is 3.69. The Hall–Kier alpha value is -2.32. The van der Waals surface area contributed by atoms with Gasteiger partial charge >= 0.3 is 0 Å². The van der Waals surface area contributed by atoms with Crippen molar-refractivity contribution in [1.29, 1.82) is 0 Å². The van der Waals surface area contributed by atoms with Crippen LogP contribution in [-0.4, -0.2) is 49.4 Å². The molecule has 152 valence electrons. The zero-order valence-corrected chi connectivity index (χ0v) is 17.7. The summed E-state index contributed by atoms with van der Waals surface area (Å²) in [4.78, 5) is 18.8. The third-order valence-corrected chi connectivity index (χ3v) is 8.30. The van der Waals surface area contributed by atoms with E-state index in [0.717, 1.165) is 11.3 Å². The van der Waals surface area contributed by atoms with Gasteiger partial charge in [0.05, 0.1) is 24.7 Å². The van der Waals surface area contributed by atoms with E-state index in [0.29, 0.717) is 23.8 Å². The van der Waals surface area contributed by atoms with Gasteiger partial charge in [-0.15, -0.1) is 0 Å². The van der Waals surface area contributed by atoms with Crippen LogP contribution in [0, 0.1) is 0 Å². The van der Waals surface area contributed by atoms with Gasteiger partial charge < -0.3 is 9.64 Å². The van der Waals surface area contributed by atoms with Crippen molar-refractivity contribution in [2.75, 3.05) is 23.5 Å². The number of benzene rings is 2. The molecule has 4 rings (SSSR count). The molecule has 2 unspecified atom stereocenters. The largest absolute Gasteiger partial charge is 0.497 e. The number of fused-ring (bicyclic) bond motifs is 1. The fraction of sp³-hybridized carbons (Fsp3) is 0.333. The van der Waals surface area contributed by atoms with Crippen LogP contribution >= 0.6 is 11.8 Å². The van der Waals surface area contributed by atoms with E-state index in [1.54, 1.807) is 7.11 Å². The van der Waals surface area contributed by atoms with Crippen molar-refractivity contribution < 1.29 is 17.9 Å². The standard InChI is InChI=1S/C21H22N2O4S2/c1-27-17-9-5-8-16(12-17)23-18-13-29(25,26)14-19(18)28-21(23)22-20(24)11-10-15-6-3-2-4-7-15/h2-9,12,18-19H,10-11,13-14H2,1H3. The molecule has 0 spiro atoms. The maximum atomic E-state index is 12.5. The van der Waals surface area contributed by atoms with E-state index in [1.807, 2.05) is 59.5 Å². The van der Waals surface area contributed by atoms with Crippen LogP contribution in [0.4, 0.5) is 5.69 Å². The fourth-order valence-corrected chi connectivity index (χ4v) is 7.62. The van der Waals surface area contributed by atoms with Crippen molar-refractivity contribution in [3.05, 3.63) is 60.2 Å². The topological polar surface area (TPSA) is 76.0 Å². The van der Waals surface area contributed by atoms with E-state index in [2.05, 4.69) is 4.99 Å². The molecule has 2 aromatic carbocycles. The number of hydrogen-bond acceptors (Lipinski definition) is 5. The molecular weight excluding hydrogens is 408 g/mol. The SMILES string of the molecule is COc1cccc(N2C(=NC(=O)CCc3ccccc3)SC3CS(=O)(=O)CC32)c1. The quantitative estimate of drug-likeness (QED) is 0.726. The summed E-state index contributed by atoms with van der Waals surface area (Å²) in [5, 5.41) is 0.452. The Morgan fingerprint density at radius 1 is 1.17 bits per heavy atom. The van der Waals surface area contributed by atoms with Crippen molar-refractivity contribution in [3.8, 4) is 5.75 Å². The number of aliphatic imine (C=N–C) groups is 1. The molecule has 0 aromatic heterocycles. The van der Waals surface area contributed by atoms with Crippen LogP contribution in [0.2, 0.25) is 0 Å². The molecule has 1 amide bonds. The molecule has 0 saturated carbocycles. The summed E-state index contributed by atoms with van der Waals surface area (Å²) in [6, 6.07) is 17.0. The lowest BCUT2D eigenvalue weighted by Gasteiger charge is -2.24. The molecule has 0 bridgehead atoms. The molecule has 8 heteroatoms. The molecule has 0 aliphatic carbocycles. The third-order valence-electron chi connectivity index (χ3n) is 5.09. The zero-order valence-electron chi connectivity index (χ0n) is 16.0. The number of aryl methyl sites for hydroxylation is 1. The summed E-state index contributed by atoms with van der Waals surface area (Å²) >= 11 is 1.39. The third kappa shape index (κ3) is 4.48. The lowest BCUT2D eigenvalue weighted by Crippen LogP contribution is -2.37. The molecule has 2 aliphatic heterocycles. The summed E-state index contributed by atoms with van der Waals surface area (Å²) in [6.45, 7) is 0. The Morgan fingerprint density at radius 3 is 2.72 bits per heavy atom. The maximum absolute atomic E-state index is 12.5. The van der Waals surface area contributed by atoms with Gasteiger partial charge in [-0.25, -0.2) is 8.42 Å². The average Bonchev–Trinajstić information content (AvgIpc) is 3.17. The number of sulfone groups is 1. The number of anilines is 1. The van der Waals surface area contributed by atoms with Crippen molar-refractivity contribution in [2.24, 2.45) is 4.99 Å². The second kappa shape index (κ2) is 8.20. The Morgan fingerprint density at radius 2 is 1.97 bits per heavy atom. The summed E-state index contributed by atoms with van der Waals surface area (Å²) in [5.41, 5.74) is 1.88. The number of hydrogen-bond donors (Lipinski definition) is 0. The van der Waals surface area contributed by atoms with Gasteiger partial charge in [-0.05, 0) is 24.1 Å². The second-order valence-electron chi connectivity index (χ2n) is 7.15. The number of rotatable bonds is 5. The van der Waals surface area contributed by atoms with Gasteiger partial charge in [0.15, 0.2) is 15.0 Å². The molecule has 2 fully saturated rings. The number of amidine groups is 1. The molecule has 2 atom stereocenters. The Balaban J connectivity index is 1.59. The molecule has 29 heavy (non-hydrogen) atoms. The van der Waals surface area contributed by atoms with Crippen molar-refractivity contribution in [3.63, 3.8) is 0 Å². The van der Waals surface area contributed by atoms with Gasteiger partial charge in [-0.2, -0.15) is 4.99 Å². The first-order chi connectivity index (χ1) is 13.9. The lowest BCUT2D eigenvalue weighted by molar-refractivity contribution is -0.117. The highest BCUT2D eigenvalue weighted by atomic mass is 32.2. The van der Waals surface area contributed by atoms with Crippen LogP contribution in [0.3, 0.4) is 0 Å². The summed E-state index contributed by atoms with van der Waals surface area (Å²) in [7, 11) is -1.51. The van der Waals surface area contributed by atoms with Crippen LogP contribution in [0.15, 0.2) is 59.6 Å². The average molecular weight is 431 g/mol. The normalized spacial score (nSPS) is 23.9. The molecule has 0 N–H and O–H groups in total. The first kappa shape index (κ1) is 20.0. The van der Waals surface area contributed by atoms with E-state index in [9.17, 15) is 13.2 Å². The van der Waals surface area contributed by atoms with E-state index >= 15 is 0 Å². The predicted molar refractivity (Wildman–Crippen MR) is 116 cm³/mol. The summed E-state index contributed by atoms with van der Waals surface area (Å²) in [6.07, 6.45) is 0.940. The molecule has 2 aromatic rings. The minimum Gasteiger partial charge on any atom is -0.497 e. The van der Waals surface area contributed by atoms with Crippen LogP contribution in [0.5, 0.6) is 5.75 Å². The van der Waals surface area contributed by atoms with E-state index in [1.165, 1.54) is 11.8 Å². The van der Waals surface area contributed by atoms with Gasteiger partial charge in [-0.3, -0.25) is 4.79 Å². The minimum atomic E-state index is -3.09. The second-order valence-corrected chi connectivity index (χ2v) is 10.5. The lowest BCUT2D eigenvalue weighted by atomic mass is 10.1. The van der Waals surface area contributed by atoms with Crippen molar-refractivity contribution in [1.82, 2.24) is 0 Å². The van der Waals surface area contributed by atoms with Gasteiger partial charge in [-0.1, -0.05) is 48.2 Å². The van der Waals surface area contributed by atoms with E-state index in [-0.39, 0.29) is 28.7 Å². The van der Waals surface area contributed by atoms with Crippen LogP contribution in [0.1, 0.15) is 12.0 Å². The zero-order chi connectivity index (χ0) is 20.4.